The number of benzene rings is 1. The summed E-state index contributed by atoms with van der Waals surface area (Å²) < 4.78 is 1.49. The zero-order chi connectivity index (χ0) is 25.0. The van der Waals surface area contributed by atoms with E-state index in [-0.39, 0.29) is 42.3 Å². The molecule has 0 bridgehead atoms. The largest absolute Gasteiger partial charge is 0.354 e. The molecule has 0 radical (unpaired) electrons. The summed E-state index contributed by atoms with van der Waals surface area (Å²) in [5.74, 6) is -1.33. The predicted molar refractivity (Wildman–Crippen MR) is 123 cm³/mol. The number of rotatable bonds is 3. The summed E-state index contributed by atoms with van der Waals surface area (Å²) in [6, 6.07) is 4.51. The molecule has 1 saturated carbocycles. The lowest BCUT2D eigenvalue weighted by Gasteiger charge is -2.48. The first-order chi connectivity index (χ1) is 17.3. The lowest BCUT2D eigenvalue weighted by atomic mass is 9.72. The lowest BCUT2D eigenvalue weighted by molar-refractivity contribution is -0.137. The van der Waals surface area contributed by atoms with Crippen molar-refractivity contribution in [1.82, 2.24) is 35.4 Å². The Hall–Kier alpha value is -4.09. The van der Waals surface area contributed by atoms with Crippen LogP contribution >= 0.6 is 0 Å². The van der Waals surface area contributed by atoms with Crippen LogP contribution in [0.1, 0.15) is 64.9 Å². The molecule has 2 N–H and O–H groups in total. The lowest BCUT2D eigenvalue weighted by Crippen LogP contribution is -2.56. The summed E-state index contributed by atoms with van der Waals surface area (Å²) in [6.07, 6.45) is 4.92. The van der Waals surface area contributed by atoms with Crippen molar-refractivity contribution >= 4 is 29.5 Å². The number of fused-ring (bicyclic) bond motifs is 1. The molecule has 2 saturated heterocycles. The van der Waals surface area contributed by atoms with E-state index in [4.69, 9.17) is 0 Å². The number of piperidine rings is 1. The molecule has 4 aliphatic rings. The molecule has 1 aromatic heterocycles. The van der Waals surface area contributed by atoms with E-state index in [9.17, 15) is 24.0 Å². The summed E-state index contributed by atoms with van der Waals surface area (Å²) in [5, 5.41) is 13.4. The molecule has 12 heteroatoms. The first kappa shape index (κ1) is 22.4. The van der Waals surface area contributed by atoms with Crippen LogP contribution in [0.4, 0.5) is 0 Å². The molecule has 1 atom stereocenters. The summed E-state index contributed by atoms with van der Waals surface area (Å²) in [7, 11) is 0. The third-order valence-electron chi connectivity index (χ3n) is 7.73. The molecule has 5 amide bonds. The number of carbonyl (C=O) groups excluding carboxylic acids is 5. The van der Waals surface area contributed by atoms with Gasteiger partial charge in [-0.05, 0) is 49.4 Å². The van der Waals surface area contributed by atoms with E-state index < -0.39 is 17.5 Å². The number of nitrogens with zero attached hydrogens (tertiary/aromatic N) is 5. The van der Waals surface area contributed by atoms with Crippen molar-refractivity contribution in [3.63, 3.8) is 0 Å². The van der Waals surface area contributed by atoms with Crippen LogP contribution in [0.2, 0.25) is 0 Å². The van der Waals surface area contributed by atoms with Gasteiger partial charge in [-0.2, -0.15) is 0 Å². The maximum Gasteiger partial charge on any atom is 0.276 e. The molecule has 1 spiro atoms. The third-order valence-corrected chi connectivity index (χ3v) is 7.73. The second-order valence-electron chi connectivity index (χ2n) is 9.85. The zero-order valence-electron chi connectivity index (χ0n) is 19.5. The highest BCUT2D eigenvalue weighted by Crippen LogP contribution is 2.42. The van der Waals surface area contributed by atoms with Gasteiger partial charge in [0.05, 0.1) is 17.4 Å². The fourth-order valence-electron chi connectivity index (χ4n) is 5.68. The summed E-state index contributed by atoms with van der Waals surface area (Å²) in [4.78, 5) is 65.4. The molecule has 6 rings (SSSR count). The normalized spacial score (nSPS) is 23.2. The van der Waals surface area contributed by atoms with Crippen LogP contribution < -0.4 is 10.6 Å². The van der Waals surface area contributed by atoms with Gasteiger partial charge in [-0.1, -0.05) is 5.21 Å². The minimum atomic E-state index is -0.685. The molecule has 1 aromatic carbocycles. The highest BCUT2D eigenvalue weighted by atomic mass is 16.2. The number of hydrogen-bond donors (Lipinski definition) is 2. The summed E-state index contributed by atoms with van der Waals surface area (Å²) in [5.41, 5.74) is 1.60. The van der Waals surface area contributed by atoms with Gasteiger partial charge in [0.2, 0.25) is 17.7 Å². The van der Waals surface area contributed by atoms with Gasteiger partial charge in [0.25, 0.3) is 11.8 Å². The molecule has 1 aliphatic carbocycles. The van der Waals surface area contributed by atoms with Crippen molar-refractivity contribution in [1.29, 1.82) is 0 Å². The van der Waals surface area contributed by atoms with E-state index in [1.54, 1.807) is 29.3 Å². The minimum Gasteiger partial charge on any atom is -0.354 e. The standard InChI is InChI=1S/C24H25N7O5/c32-19-5-4-18(21(34)26-19)29-12-14-10-15(2-3-16(14)22(29)35)31-13-17(27-28-31)23(36)30-9-8-25-20(33)11-24(30)6-1-7-24/h2-3,10,13,18H,1,4-9,11-12H2,(H,25,33)(H,26,32,34). The van der Waals surface area contributed by atoms with Gasteiger partial charge in [0.1, 0.15) is 6.04 Å². The van der Waals surface area contributed by atoms with E-state index in [1.165, 1.54) is 9.58 Å². The van der Waals surface area contributed by atoms with Gasteiger partial charge in [-0.25, -0.2) is 4.68 Å². The van der Waals surface area contributed by atoms with Crippen LogP contribution in [0.5, 0.6) is 0 Å². The SMILES string of the molecule is O=C1CC2(CCC2)N(C(=O)c2cn(-c3ccc4c(c3)CN(C3CCC(=O)NC3=O)C4=O)nn2)CCN1. The fourth-order valence-corrected chi connectivity index (χ4v) is 5.68. The Morgan fingerprint density at radius 3 is 2.69 bits per heavy atom. The van der Waals surface area contributed by atoms with E-state index in [0.29, 0.717) is 37.2 Å². The number of aromatic nitrogens is 3. The van der Waals surface area contributed by atoms with Crippen molar-refractivity contribution in [3.8, 4) is 5.69 Å². The van der Waals surface area contributed by atoms with Crippen LogP contribution in [0.3, 0.4) is 0 Å². The smallest absolute Gasteiger partial charge is 0.276 e. The number of imide groups is 1. The highest BCUT2D eigenvalue weighted by molar-refractivity contribution is 6.05. The number of hydrogen-bond acceptors (Lipinski definition) is 7. The van der Waals surface area contributed by atoms with Crippen molar-refractivity contribution in [2.24, 2.45) is 0 Å². The zero-order valence-corrected chi connectivity index (χ0v) is 19.5. The Balaban J connectivity index is 1.22. The Kier molecular flexibility index (Phi) is 5.13. The van der Waals surface area contributed by atoms with Crippen molar-refractivity contribution in [2.75, 3.05) is 13.1 Å². The van der Waals surface area contributed by atoms with Crippen molar-refractivity contribution in [3.05, 3.63) is 41.2 Å². The van der Waals surface area contributed by atoms with Gasteiger partial charge in [-0.15, -0.1) is 5.10 Å². The summed E-state index contributed by atoms with van der Waals surface area (Å²) in [6.45, 7) is 1.07. The Labute approximate surface area is 206 Å². The van der Waals surface area contributed by atoms with E-state index in [0.717, 1.165) is 24.8 Å². The van der Waals surface area contributed by atoms with Crippen LogP contribution in [0.25, 0.3) is 5.69 Å². The predicted octanol–water partition coefficient (Wildman–Crippen LogP) is -0.0869. The maximum absolute atomic E-state index is 13.4. The molecule has 2 aromatic rings. The topological polar surface area (TPSA) is 147 Å². The van der Waals surface area contributed by atoms with Gasteiger partial charge < -0.3 is 15.1 Å². The van der Waals surface area contributed by atoms with Crippen LogP contribution in [0.15, 0.2) is 24.4 Å². The van der Waals surface area contributed by atoms with Gasteiger partial charge in [0.15, 0.2) is 5.69 Å². The molecular weight excluding hydrogens is 466 g/mol. The molecule has 4 heterocycles. The van der Waals surface area contributed by atoms with E-state index >= 15 is 0 Å². The second-order valence-corrected chi connectivity index (χ2v) is 9.85. The Bertz CT molecular complexity index is 1310. The second kappa shape index (κ2) is 8.25. The monoisotopic (exact) mass is 491 g/mol. The van der Waals surface area contributed by atoms with Crippen LogP contribution in [-0.2, 0) is 20.9 Å². The first-order valence-corrected chi connectivity index (χ1v) is 12.1. The van der Waals surface area contributed by atoms with E-state index in [2.05, 4.69) is 20.9 Å². The maximum atomic E-state index is 13.4. The first-order valence-electron chi connectivity index (χ1n) is 12.1. The summed E-state index contributed by atoms with van der Waals surface area (Å²) >= 11 is 0. The van der Waals surface area contributed by atoms with E-state index in [1.807, 2.05) is 0 Å². The van der Waals surface area contributed by atoms with Crippen molar-refractivity contribution in [2.45, 2.75) is 56.7 Å². The van der Waals surface area contributed by atoms with Gasteiger partial charge in [-0.3, -0.25) is 29.3 Å². The minimum absolute atomic E-state index is 0.0345. The molecule has 3 aliphatic heterocycles. The number of amides is 5. The average molecular weight is 492 g/mol. The third kappa shape index (κ3) is 3.55. The highest BCUT2D eigenvalue weighted by Gasteiger charge is 2.48. The molecular formula is C24H25N7O5. The Morgan fingerprint density at radius 1 is 1.11 bits per heavy atom. The fraction of sp³-hybridized carbons (Fsp3) is 0.458. The van der Waals surface area contributed by atoms with Gasteiger partial charge in [0, 0.05) is 38.0 Å². The van der Waals surface area contributed by atoms with Crippen LogP contribution in [-0.4, -0.2) is 79.0 Å². The molecule has 186 valence electrons. The Morgan fingerprint density at radius 2 is 1.94 bits per heavy atom. The quantitative estimate of drug-likeness (QED) is 0.571. The molecule has 12 nitrogen and oxygen atoms in total. The van der Waals surface area contributed by atoms with Crippen LogP contribution in [0, 0.1) is 0 Å². The molecule has 1 unspecified atom stereocenters. The average Bonchev–Trinajstić information content (AvgIpc) is 3.39. The number of nitrogens with one attached hydrogen (secondary N) is 2. The van der Waals surface area contributed by atoms with Crippen molar-refractivity contribution < 1.29 is 24.0 Å². The number of carbonyl (C=O) groups is 5. The van der Waals surface area contributed by atoms with Gasteiger partial charge >= 0.3 is 0 Å². The molecule has 3 fully saturated rings. The molecule has 36 heavy (non-hydrogen) atoms.